The Morgan fingerprint density at radius 3 is 2.37 bits per heavy atom. The summed E-state index contributed by atoms with van der Waals surface area (Å²) < 4.78 is 18.8. The third kappa shape index (κ3) is 4.69. The number of hydrogen-bond donors (Lipinski definition) is 1. The molecule has 0 heterocycles. The highest BCUT2D eigenvalue weighted by Gasteiger charge is 2.30. The molecular formula is C14H17FO4. The molecule has 0 saturated carbocycles. The fourth-order valence-electron chi connectivity index (χ4n) is 1.63. The van der Waals surface area contributed by atoms with E-state index < -0.39 is 35.7 Å². The summed E-state index contributed by atoms with van der Waals surface area (Å²) in [5, 5.41) is 8.85. The predicted molar refractivity (Wildman–Crippen MR) is 67.2 cm³/mol. The maximum absolute atomic E-state index is 13.7. The van der Waals surface area contributed by atoms with Crippen LogP contribution in [-0.4, -0.2) is 22.6 Å². The lowest BCUT2D eigenvalue weighted by Crippen LogP contribution is -2.29. The topological polar surface area (TPSA) is 63.6 Å². The van der Waals surface area contributed by atoms with Crippen LogP contribution in [0.5, 0.6) is 0 Å². The number of hydrogen-bond acceptors (Lipinski definition) is 3. The third-order valence-corrected chi connectivity index (χ3v) is 2.35. The Balaban J connectivity index is 3.05. The van der Waals surface area contributed by atoms with Gasteiger partial charge in [0.15, 0.2) is 0 Å². The Labute approximate surface area is 111 Å². The van der Waals surface area contributed by atoms with E-state index in [1.165, 1.54) is 18.2 Å². The van der Waals surface area contributed by atoms with Gasteiger partial charge in [-0.1, -0.05) is 18.2 Å². The molecule has 1 aromatic rings. The van der Waals surface area contributed by atoms with Crippen LogP contribution in [0, 0.1) is 5.82 Å². The number of rotatable bonds is 4. The van der Waals surface area contributed by atoms with Gasteiger partial charge in [-0.15, -0.1) is 0 Å². The van der Waals surface area contributed by atoms with Crippen LogP contribution in [0.4, 0.5) is 4.39 Å². The van der Waals surface area contributed by atoms with Crippen LogP contribution >= 0.6 is 0 Å². The molecule has 1 unspecified atom stereocenters. The van der Waals surface area contributed by atoms with Gasteiger partial charge in [0.05, 0.1) is 12.3 Å². The summed E-state index contributed by atoms with van der Waals surface area (Å²) in [7, 11) is 0. The average molecular weight is 268 g/mol. The van der Waals surface area contributed by atoms with Crippen LogP contribution in [0.15, 0.2) is 24.3 Å². The highest BCUT2D eigenvalue weighted by Crippen LogP contribution is 2.26. The smallest absolute Gasteiger partial charge is 0.314 e. The highest BCUT2D eigenvalue weighted by molar-refractivity contribution is 5.84. The Kier molecular flexibility index (Phi) is 4.64. The van der Waals surface area contributed by atoms with Gasteiger partial charge in [0.25, 0.3) is 0 Å². The number of carboxylic acid groups (broad SMARTS) is 1. The number of benzene rings is 1. The van der Waals surface area contributed by atoms with E-state index in [9.17, 15) is 14.0 Å². The van der Waals surface area contributed by atoms with E-state index in [0.29, 0.717) is 0 Å². The van der Waals surface area contributed by atoms with Crippen LogP contribution in [0.3, 0.4) is 0 Å². The lowest BCUT2D eigenvalue weighted by molar-refractivity contribution is -0.159. The number of carbonyl (C=O) groups excluding carboxylic acids is 1. The van der Waals surface area contributed by atoms with Gasteiger partial charge >= 0.3 is 11.9 Å². The minimum absolute atomic E-state index is 0.0409. The van der Waals surface area contributed by atoms with Gasteiger partial charge in [0.1, 0.15) is 11.4 Å². The lowest BCUT2D eigenvalue weighted by atomic mass is 9.95. The molecule has 0 aliphatic heterocycles. The minimum atomic E-state index is -1.18. The molecule has 1 atom stereocenters. The van der Waals surface area contributed by atoms with Crippen LogP contribution in [0.1, 0.15) is 38.7 Å². The molecule has 0 aliphatic rings. The average Bonchev–Trinajstić information content (AvgIpc) is 2.24. The van der Waals surface area contributed by atoms with Crippen molar-refractivity contribution in [2.24, 2.45) is 0 Å². The van der Waals surface area contributed by atoms with Gasteiger partial charge in [0, 0.05) is 5.56 Å². The van der Waals surface area contributed by atoms with Gasteiger partial charge in [-0.25, -0.2) is 4.39 Å². The fourth-order valence-corrected chi connectivity index (χ4v) is 1.63. The van der Waals surface area contributed by atoms with Crippen LogP contribution < -0.4 is 0 Å². The second-order valence-corrected chi connectivity index (χ2v) is 5.21. The van der Waals surface area contributed by atoms with E-state index in [4.69, 9.17) is 9.84 Å². The number of aliphatic carboxylic acids is 1. The Morgan fingerprint density at radius 2 is 1.89 bits per heavy atom. The van der Waals surface area contributed by atoms with E-state index in [1.807, 2.05) is 0 Å². The summed E-state index contributed by atoms with van der Waals surface area (Å²) in [5.41, 5.74) is -0.710. The fraction of sp³-hybridized carbons (Fsp3) is 0.429. The predicted octanol–water partition coefficient (Wildman–Crippen LogP) is 2.73. The van der Waals surface area contributed by atoms with Crippen molar-refractivity contribution in [3.63, 3.8) is 0 Å². The molecule has 0 bridgehead atoms. The molecule has 0 aliphatic carbocycles. The Bertz CT molecular complexity index is 477. The van der Waals surface area contributed by atoms with Crippen LogP contribution in [0.25, 0.3) is 0 Å². The molecule has 4 nitrogen and oxygen atoms in total. The summed E-state index contributed by atoms with van der Waals surface area (Å²) in [6.45, 7) is 5.01. The Morgan fingerprint density at radius 1 is 1.32 bits per heavy atom. The van der Waals surface area contributed by atoms with E-state index in [1.54, 1.807) is 26.8 Å². The largest absolute Gasteiger partial charge is 0.481 e. The van der Waals surface area contributed by atoms with Gasteiger partial charge in [-0.3, -0.25) is 9.59 Å². The first-order chi connectivity index (χ1) is 8.70. The second-order valence-electron chi connectivity index (χ2n) is 5.21. The third-order valence-electron chi connectivity index (χ3n) is 2.35. The monoisotopic (exact) mass is 268 g/mol. The standard InChI is InChI=1S/C14H17FO4/c1-14(2,3)19-13(18)10(8-12(16)17)9-6-4-5-7-11(9)15/h4-7,10H,8H2,1-3H3,(H,16,17). The van der Waals surface area contributed by atoms with Crippen molar-refractivity contribution >= 4 is 11.9 Å². The summed E-state index contributed by atoms with van der Waals surface area (Å²) in [6, 6.07) is 5.62. The van der Waals surface area contributed by atoms with E-state index in [-0.39, 0.29) is 5.56 Å². The maximum Gasteiger partial charge on any atom is 0.314 e. The van der Waals surface area contributed by atoms with Crippen molar-refractivity contribution in [2.45, 2.75) is 38.7 Å². The van der Waals surface area contributed by atoms with Gasteiger partial charge in [-0.2, -0.15) is 0 Å². The molecule has 19 heavy (non-hydrogen) atoms. The molecule has 0 spiro atoms. The molecule has 0 saturated heterocycles. The van der Waals surface area contributed by atoms with E-state index >= 15 is 0 Å². The molecule has 1 rings (SSSR count). The molecule has 0 amide bonds. The number of halogens is 1. The first-order valence-corrected chi connectivity index (χ1v) is 5.90. The van der Waals surface area contributed by atoms with Crippen molar-refractivity contribution < 1.29 is 23.8 Å². The minimum Gasteiger partial charge on any atom is -0.481 e. The van der Waals surface area contributed by atoms with Crippen molar-refractivity contribution in [3.05, 3.63) is 35.6 Å². The zero-order chi connectivity index (χ0) is 14.6. The molecular weight excluding hydrogens is 251 g/mol. The molecule has 0 fully saturated rings. The quantitative estimate of drug-likeness (QED) is 0.853. The van der Waals surface area contributed by atoms with E-state index in [2.05, 4.69) is 0 Å². The van der Waals surface area contributed by atoms with Crippen molar-refractivity contribution in [3.8, 4) is 0 Å². The summed E-state index contributed by atoms with van der Waals surface area (Å²) in [6.07, 6.45) is -0.504. The molecule has 104 valence electrons. The normalized spacial score (nSPS) is 12.8. The molecule has 0 aromatic heterocycles. The summed E-state index contributed by atoms with van der Waals surface area (Å²) in [5.74, 6) is -3.67. The number of esters is 1. The molecule has 1 N–H and O–H groups in total. The first-order valence-electron chi connectivity index (χ1n) is 5.90. The summed E-state index contributed by atoms with van der Waals surface area (Å²) >= 11 is 0. The lowest BCUT2D eigenvalue weighted by Gasteiger charge is -2.23. The molecule has 5 heteroatoms. The molecule has 1 aromatic carbocycles. The number of ether oxygens (including phenoxy) is 1. The van der Waals surface area contributed by atoms with Gasteiger partial charge < -0.3 is 9.84 Å². The van der Waals surface area contributed by atoms with Gasteiger partial charge in [-0.05, 0) is 26.8 Å². The zero-order valence-corrected chi connectivity index (χ0v) is 11.1. The van der Waals surface area contributed by atoms with E-state index in [0.717, 1.165) is 0 Å². The van der Waals surface area contributed by atoms with Crippen molar-refractivity contribution in [2.75, 3.05) is 0 Å². The van der Waals surface area contributed by atoms with Gasteiger partial charge in [0.2, 0.25) is 0 Å². The maximum atomic E-state index is 13.7. The number of carbonyl (C=O) groups is 2. The Hall–Kier alpha value is -1.91. The van der Waals surface area contributed by atoms with Crippen LogP contribution in [-0.2, 0) is 14.3 Å². The second kappa shape index (κ2) is 5.82. The summed E-state index contributed by atoms with van der Waals surface area (Å²) in [4.78, 5) is 22.8. The molecule has 0 radical (unpaired) electrons. The van der Waals surface area contributed by atoms with Crippen molar-refractivity contribution in [1.29, 1.82) is 0 Å². The van der Waals surface area contributed by atoms with Crippen LogP contribution in [0.2, 0.25) is 0 Å². The number of carboxylic acids is 1. The van der Waals surface area contributed by atoms with Crippen molar-refractivity contribution in [1.82, 2.24) is 0 Å². The zero-order valence-electron chi connectivity index (χ0n) is 11.1. The first kappa shape index (κ1) is 15.1. The highest BCUT2D eigenvalue weighted by atomic mass is 19.1. The SMILES string of the molecule is CC(C)(C)OC(=O)C(CC(=O)O)c1ccccc1F.